The van der Waals surface area contributed by atoms with Crippen molar-refractivity contribution in [2.45, 2.75) is 6.54 Å². The van der Waals surface area contributed by atoms with Crippen LogP contribution in [0, 0.1) is 5.82 Å². The van der Waals surface area contributed by atoms with Gasteiger partial charge in [-0.2, -0.15) is 0 Å². The average molecular weight is 252 g/mol. The van der Waals surface area contributed by atoms with Gasteiger partial charge in [0.05, 0.1) is 19.3 Å². The number of rotatable bonds is 2. The summed E-state index contributed by atoms with van der Waals surface area (Å²) in [7, 11) is 3.43. The highest BCUT2D eigenvalue weighted by Gasteiger charge is 2.20. The van der Waals surface area contributed by atoms with Crippen molar-refractivity contribution in [2.24, 2.45) is 10.8 Å². The van der Waals surface area contributed by atoms with Gasteiger partial charge in [-0.25, -0.2) is 4.39 Å². The second kappa shape index (κ2) is 5.22. The zero-order valence-electron chi connectivity index (χ0n) is 10.6. The van der Waals surface area contributed by atoms with Gasteiger partial charge in [-0.05, 0) is 17.7 Å². The number of hydrogen-bond donors (Lipinski definition) is 1. The Morgan fingerprint density at radius 2 is 2.22 bits per heavy atom. The van der Waals surface area contributed by atoms with E-state index in [2.05, 4.69) is 5.10 Å². The van der Waals surface area contributed by atoms with Gasteiger partial charge in [-0.3, -0.25) is 5.01 Å². The molecule has 0 bridgehead atoms. The van der Waals surface area contributed by atoms with Crippen molar-refractivity contribution in [3.63, 3.8) is 0 Å². The van der Waals surface area contributed by atoms with Crippen LogP contribution in [-0.4, -0.2) is 38.2 Å². The topological polar surface area (TPSA) is 54.1 Å². The van der Waals surface area contributed by atoms with Crippen molar-refractivity contribution in [3.8, 4) is 0 Å². The van der Waals surface area contributed by atoms with Crippen LogP contribution in [0.1, 0.15) is 5.56 Å². The van der Waals surface area contributed by atoms with Crippen LogP contribution in [0.5, 0.6) is 0 Å². The van der Waals surface area contributed by atoms with Gasteiger partial charge in [0.1, 0.15) is 5.82 Å². The molecule has 1 heterocycles. The number of benzene rings is 1. The van der Waals surface area contributed by atoms with Crippen molar-refractivity contribution in [2.75, 3.05) is 32.3 Å². The molecular formula is C12H17FN4O. The molecule has 18 heavy (non-hydrogen) atoms. The van der Waals surface area contributed by atoms with Crippen molar-refractivity contribution < 1.29 is 9.13 Å². The number of nitrogens with two attached hydrogens (primary N) is 1. The monoisotopic (exact) mass is 252 g/mol. The highest BCUT2D eigenvalue weighted by molar-refractivity contribution is 5.76. The van der Waals surface area contributed by atoms with E-state index in [1.54, 1.807) is 24.3 Å². The van der Waals surface area contributed by atoms with Gasteiger partial charge in [0.15, 0.2) is 0 Å². The van der Waals surface area contributed by atoms with Gasteiger partial charge < -0.3 is 15.4 Å². The quantitative estimate of drug-likeness (QED) is 0.851. The minimum Gasteiger partial charge on any atom is -0.467 e. The lowest BCUT2D eigenvalue weighted by atomic mass is 10.2. The number of amidine groups is 1. The predicted molar refractivity (Wildman–Crippen MR) is 68.7 cm³/mol. The Labute approximate surface area is 106 Å². The second-order valence-electron chi connectivity index (χ2n) is 4.12. The van der Waals surface area contributed by atoms with E-state index in [1.807, 2.05) is 11.9 Å². The number of anilines is 1. The lowest BCUT2D eigenvalue weighted by molar-refractivity contribution is 0.295. The molecular weight excluding hydrogens is 235 g/mol. The van der Waals surface area contributed by atoms with E-state index in [0.717, 1.165) is 12.1 Å². The summed E-state index contributed by atoms with van der Waals surface area (Å²) in [5, 5.41) is 5.86. The SMILES string of the molecule is COC1=NN(c2ccc(CN)cc2F)CCN1C. The van der Waals surface area contributed by atoms with E-state index in [-0.39, 0.29) is 5.82 Å². The normalized spacial score (nSPS) is 15.7. The third-order valence-corrected chi connectivity index (χ3v) is 2.89. The molecule has 6 heteroatoms. The minimum absolute atomic E-state index is 0.318. The molecule has 1 aromatic rings. The van der Waals surface area contributed by atoms with E-state index in [4.69, 9.17) is 10.5 Å². The number of likely N-dealkylation sites (N-methyl/N-ethyl adjacent to an activating group) is 1. The fraction of sp³-hybridized carbons (Fsp3) is 0.417. The zero-order valence-corrected chi connectivity index (χ0v) is 10.6. The summed E-state index contributed by atoms with van der Waals surface area (Å²) in [5.41, 5.74) is 6.68. The first-order valence-corrected chi connectivity index (χ1v) is 5.75. The van der Waals surface area contributed by atoms with Crippen LogP contribution in [0.4, 0.5) is 10.1 Å². The molecule has 1 aliphatic rings. The maximum Gasteiger partial charge on any atom is 0.309 e. The van der Waals surface area contributed by atoms with Gasteiger partial charge in [-0.15, -0.1) is 5.10 Å². The summed E-state index contributed by atoms with van der Waals surface area (Å²) >= 11 is 0. The number of ether oxygens (including phenoxy) is 1. The Bertz CT molecular complexity index is 463. The average Bonchev–Trinajstić information content (AvgIpc) is 2.39. The van der Waals surface area contributed by atoms with Crippen LogP contribution in [0.2, 0.25) is 0 Å². The summed E-state index contributed by atoms with van der Waals surface area (Å²) in [4.78, 5) is 1.88. The van der Waals surface area contributed by atoms with E-state index in [1.165, 1.54) is 6.07 Å². The number of methoxy groups -OCH3 is 1. The smallest absolute Gasteiger partial charge is 0.309 e. The Morgan fingerprint density at radius 3 is 2.83 bits per heavy atom. The van der Waals surface area contributed by atoms with Gasteiger partial charge in [0.2, 0.25) is 0 Å². The van der Waals surface area contributed by atoms with Gasteiger partial charge in [0, 0.05) is 20.1 Å². The molecule has 0 aliphatic carbocycles. The predicted octanol–water partition coefficient (Wildman–Crippen LogP) is 0.954. The standard InChI is InChI=1S/C12H17FN4O/c1-16-5-6-17(15-12(16)18-2)11-4-3-9(8-14)7-10(11)13/h3-4,7H,5-6,8,14H2,1-2H3. The Balaban J connectivity index is 2.29. The molecule has 98 valence electrons. The molecule has 0 saturated heterocycles. The van der Waals surface area contributed by atoms with Crippen LogP contribution in [0.3, 0.4) is 0 Å². The van der Waals surface area contributed by atoms with Crippen LogP contribution < -0.4 is 10.7 Å². The Hall–Kier alpha value is -1.82. The highest BCUT2D eigenvalue weighted by Crippen LogP contribution is 2.22. The van der Waals surface area contributed by atoms with Crippen molar-refractivity contribution in [1.29, 1.82) is 0 Å². The molecule has 1 aliphatic heterocycles. The summed E-state index contributed by atoms with van der Waals surface area (Å²) in [6.45, 7) is 1.67. The molecule has 1 aromatic carbocycles. The zero-order chi connectivity index (χ0) is 13.1. The van der Waals surface area contributed by atoms with Crippen molar-refractivity contribution in [1.82, 2.24) is 4.90 Å². The Kier molecular flexibility index (Phi) is 3.66. The highest BCUT2D eigenvalue weighted by atomic mass is 19.1. The van der Waals surface area contributed by atoms with E-state index in [0.29, 0.717) is 24.8 Å². The number of hydrogen-bond acceptors (Lipinski definition) is 5. The first-order valence-electron chi connectivity index (χ1n) is 5.75. The van der Waals surface area contributed by atoms with E-state index < -0.39 is 0 Å². The van der Waals surface area contributed by atoms with Gasteiger partial charge in [-0.1, -0.05) is 6.07 Å². The number of halogens is 1. The second-order valence-corrected chi connectivity index (χ2v) is 4.12. The summed E-state index contributed by atoms with van der Waals surface area (Å²) in [6.07, 6.45) is 0. The molecule has 0 amide bonds. The third kappa shape index (κ3) is 2.38. The van der Waals surface area contributed by atoms with Crippen LogP contribution in [-0.2, 0) is 11.3 Å². The molecule has 2 N–H and O–H groups in total. The Morgan fingerprint density at radius 1 is 1.44 bits per heavy atom. The number of hydrazone groups is 1. The van der Waals surface area contributed by atoms with E-state index in [9.17, 15) is 4.39 Å². The van der Waals surface area contributed by atoms with Gasteiger partial charge >= 0.3 is 6.02 Å². The fourth-order valence-corrected chi connectivity index (χ4v) is 1.83. The fourth-order valence-electron chi connectivity index (χ4n) is 1.83. The van der Waals surface area contributed by atoms with Crippen LogP contribution in [0.15, 0.2) is 23.3 Å². The third-order valence-electron chi connectivity index (χ3n) is 2.89. The largest absolute Gasteiger partial charge is 0.467 e. The minimum atomic E-state index is -0.318. The summed E-state index contributed by atoms with van der Waals surface area (Å²) in [6, 6.07) is 5.41. The summed E-state index contributed by atoms with van der Waals surface area (Å²) in [5.74, 6) is -0.318. The lowest BCUT2D eigenvalue weighted by Crippen LogP contribution is -2.42. The van der Waals surface area contributed by atoms with Gasteiger partial charge in [0.25, 0.3) is 0 Å². The molecule has 0 atom stereocenters. The van der Waals surface area contributed by atoms with E-state index >= 15 is 0 Å². The first-order chi connectivity index (χ1) is 8.65. The molecule has 2 rings (SSSR count). The molecule has 0 radical (unpaired) electrons. The maximum absolute atomic E-state index is 13.9. The van der Waals surface area contributed by atoms with Crippen molar-refractivity contribution in [3.05, 3.63) is 29.6 Å². The molecule has 5 nitrogen and oxygen atoms in total. The number of nitrogens with zero attached hydrogens (tertiary/aromatic N) is 3. The molecule has 0 unspecified atom stereocenters. The maximum atomic E-state index is 13.9. The van der Waals surface area contributed by atoms with Crippen molar-refractivity contribution >= 4 is 11.7 Å². The molecule has 0 saturated carbocycles. The summed E-state index contributed by atoms with van der Waals surface area (Å²) < 4.78 is 19.1. The molecule has 0 aromatic heterocycles. The first kappa shape index (κ1) is 12.6. The van der Waals surface area contributed by atoms with Crippen LogP contribution in [0.25, 0.3) is 0 Å². The van der Waals surface area contributed by atoms with Crippen LogP contribution >= 0.6 is 0 Å². The lowest BCUT2D eigenvalue weighted by Gasteiger charge is -2.30. The molecule has 0 fully saturated rings. The molecule has 0 spiro atoms.